The Labute approximate surface area is 166 Å². The highest BCUT2D eigenvalue weighted by Gasteiger charge is 2.42. The van der Waals surface area contributed by atoms with E-state index in [9.17, 15) is 27.2 Å². The Bertz CT molecular complexity index is 1090. The van der Waals surface area contributed by atoms with Gasteiger partial charge in [0.1, 0.15) is 22.9 Å². The van der Waals surface area contributed by atoms with Gasteiger partial charge in [-0.25, -0.2) is 13.9 Å². The molecule has 0 spiro atoms. The summed E-state index contributed by atoms with van der Waals surface area (Å²) in [4.78, 5) is 23.9. The highest BCUT2D eigenvalue weighted by Crippen LogP contribution is 2.32. The van der Waals surface area contributed by atoms with Gasteiger partial charge in [-0.15, -0.1) is 5.10 Å². The number of carbonyl (C=O) groups is 2. The van der Waals surface area contributed by atoms with Gasteiger partial charge in [-0.1, -0.05) is 5.21 Å². The molecule has 3 rings (SSSR count). The number of halogens is 4. The van der Waals surface area contributed by atoms with Gasteiger partial charge in [-0.2, -0.15) is 13.2 Å². The van der Waals surface area contributed by atoms with Gasteiger partial charge in [-0.3, -0.25) is 4.79 Å². The van der Waals surface area contributed by atoms with E-state index in [0.717, 1.165) is 24.3 Å². The molecule has 8 nitrogen and oxygen atoms in total. The van der Waals surface area contributed by atoms with Crippen LogP contribution in [0.15, 0.2) is 34.7 Å². The van der Waals surface area contributed by atoms with Crippen molar-refractivity contribution in [2.45, 2.75) is 19.6 Å². The number of rotatable bonds is 5. The minimum atomic E-state index is -4.97. The van der Waals surface area contributed by atoms with Crippen molar-refractivity contribution in [3.8, 4) is 5.69 Å². The van der Waals surface area contributed by atoms with Crippen LogP contribution in [0.5, 0.6) is 0 Å². The molecule has 158 valence electrons. The van der Waals surface area contributed by atoms with Crippen molar-refractivity contribution in [2.24, 2.45) is 0 Å². The van der Waals surface area contributed by atoms with Gasteiger partial charge in [0.05, 0.1) is 19.3 Å². The minimum absolute atomic E-state index is 0.125. The molecular formula is C18H14F4N4O4. The molecule has 12 heteroatoms. The minimum Gasteiger partial charge on any atom is -0.465 e. The van der Waals surface area contributed by atoms with Crippen LogP contribution in [0.1, 0.15) is 38.1 Å². The van der Waals surface area contributed by atoms with Crippen LogP contribution in [-0.2, 0) is 17.5 Å². The van der Waals surface area contributed by atoms with E-state index in [1.54, 1.807) is 0 Å². The molecule has 0 bridgehead atoms. The summed E-state index contributed by atoms with van der Waals surface area (Å²) in [6.07, 6.45) is -4.97. The van der Waals surface area contributed by atoms with Crippen LogP contribution in [0.25, 0.3) is 5.69 Å². The number of nitrogens with one attached hydrogen (secondary N) is 1. The number of alkyl halides is 3. The molecule has 0 radical (unpaired) electrons. The number of nitrogens with zero attached hydrogens (tertiary/aromatic N) is 3. The average Bonchev–Trinajstić information content (AvgIpc) is 3.30. The zero-order valence-electron chi connectivity index (χ0n) is 15.6. The normalized spacial score (nSPS) is 11.4. The first-order valence-corrected chi connectivity index (χ1v) is 8.36. The lowest BCUT2D eigenvalue weighted by atomic mass is 10.2. The van der Waals surface area contributed by atoms with Crippen molar-refractivity contribution in [1.82, 2.24) is 20.3 Å². The van der Waals surface area contributed by atoms with Crippen molar-refractivity contribution in [2.75, 3.05) is 7.11 Å². The topological polar surface area (TPSA) is 99.2 Å². The molecule has 1 N–H and O–H groups in total. The third-order valence-electron chi connectivity index (χ3n) is 4.02. The van der Waals surface area contributed by atoms with Crippen molar-refractivity contribution in [3.63, 3.8) is 0 Å². The first-order chi connectivity index (χ1) is 14.1. The number of amides is 1. The third-order valence-corrected chi connectivity index (χ3v) is 4.02. The summed E-state index contributed by atoms with van der Waals surface area (Å²) >= 11 is 0. The van der Waals surface area contributed by atoms with E-state index in [-0.39, 0.29) is 29.3 Å². The van der Waals surface area contributed by atoms with Crippen molar-refractivity contribution in [3.05, 3.63) is 64.6 Å². The van der Waals surface area contributed by atoms with E-state index in [2.05, 4.69) is 20.4 Å². The van der Waals surface area contributed by atoms with Crippen molar-refractivity contribution < 1.29 is 36.3 Å². The van der Waals surface area contributed by atoms with Gasteiger partial charge in [0.15, 0.2) is 11.4 Å². The molecule has 1 aromatic carbocycles. The number of aromatic nitrogens is 3. The van der Waals surface area contributed by atoms with Gasteiger partial charge in [-0.05, 0) is 37.3 Å². The Balaban J connectivity index is 1.86. The van der Waals surface area contributed by atoms with E-state index in [1.807, 2.05) is 0 Å². The molecular weight excluding hydrogens is 412 g/mol. The number of methoxy groups -OCH3 is 1. The summed E-state index contributed by atoms with van der Waals surface area (Å²) in [5.41, 5.74) is -2.39. The molecule has 0 atom stereocenters. The lowest BCUT2D eigenvalue weighted by Gasteiger charge is -2.11. The maximum absolute atomic E-state index is 13.6. The molecule has 3 aromatic rings. The predicted octanol–water partition coefficient (Wildman–Crippen LogP) is 3.04. The highest BCUT2D eigenvalue weighted by atomic mass is 19.4. The van der Waals surface area contributed by atoms with Gasteiger partial charge < -0.3 is 14.5 Å². The lowest BCUT2D eigenvalue weighted by Crippen LogP contribution is -2.26. The second kappa shape index (κ2) is 7.97. The number of ether oxygens (including phenoxy) is 1. The van der Waals surface area contributed by atoms with Crippen LogP contribution < -0.4 is 5.32 Å². The summed E-state index contributed by atoms with van der Waals surface area (Å²) < 4.78 is 64.1. The van der Waals surface area contributed by atoms with E-state index in [4.69, 9.17) is 4.42 Å². The molecule has 2 heterocycles. The number of hydrogen-bond donors (Lipinski definition) is 1. The Morgan fingerprint density at radius 2 is 1.90 bits per heavy atom. The molecule has 0 saturated carbocycles. The fourth-order valence-corrected chi connectivity index (χ4v) is 2.65. The number of furan rings is 1. The molecule has 0 aliphatic carbocycles. The standard InChI is InChI=1S/C18H14F4N4O4/c1-9-13(17(28)29-2)7-12(30-9)8-23-16(27)14-15(18(20,21)22)26(25-24-14)11-5-3-10(19)4-6-11/h3-7H,8H2,1-2H3,(H,23,27). The molecule has 2 aromatic heterocycles. The number of benzene rings is 1. The first kappa shape index (κ1) is 21.0. The summed E-state index contributed by atoms with van der Waals surface area (Å²) in [7, 11) is 1.18. The van der Waals surface area contributed by atoms with Crippen LogP contribution in [0.2, 0.25) is 0 Å². The Kier molecular flexibility index (Phi) is 5.58. The van der Waals surface area contributed by atoms with E-state index in [0.29, 0.717) is 4.68 Å². The summed E-state index contributed by atoms with van der Waals surface area (Å²) in [6.45, 7) is 1.19. The lowest BCUT2D eigenvalue weighted by molar-refractivity contribution is -0.143. The Morgan fingerprint density at radius 3 is 2.50 bits per heavy atom. The predicted molar refractivity (Wildman–Crippen MR) is 92.3 cm³/mol. The maximum atomic E-state index is 13.6. The van der Waals surface area contributed by atoms with Crippen LogP contribution in [0.3, 0.4) is 0 Å². The van der Waals surface area contributed by atoms with E-state index < -0.39 is 35.3 Å². The van der Waals surface area contributed by atoms with Crippen LogP contribution >= 0.6 is 0 Å². The number of carbonyl (C=O) groups excluding carboxylic acids is 2. The number of esters is 1. The molecule has 0 saturated heterocycles. The molecule has 0 fully saturated rings. The maximum Gasteiger partial charge on any atom is 0.435 e. The molecule has 0 unspecified atom stereocenters. The van der Waals surface area contributed by atoms with Crippen LogP contribution in [-0.4, -0.2) is 34.0 Å². The molecule has 0 aliphatic rings. The summed E-state index contributed by atoms with van der Waals surface area (Å²) in [6, 6.07) is 5.35. The van der Waals surface area contributed by atoms with Crippen molar-refractivity contribution >= 4 is 11.9 Å². The Hall–Kier alpha value is -3.70. The average molecular weight is 426 g/mol. The molecule has 30 heavy (non-hydrogen) atoms. The zero-order valence-corrected chi connectivity index (χ0v) is 15.6. The van der Waals surface area contributed by atoms with Gasteiger partial charge in [0.2, 0.25) is 0 Å². The van der Waals surface area contributed by atoms with Gasteiger partial charge in [0.25, 0.3) is 5.91 Å². The van der Waals surface area contributed by atoms with Crippen LogP contribution in [0, 0.1) is 12.7 Å². The monoisotopic (exact) mass is 426 g/mol. The summed E-state index contributed by atoms with van der Waals surface area (Å²) in [5, 5.41) is 8.97. The third kappa shape index (κ3) is 4.16. The number of aryl methyl sites for hydroxylation is 1. The van der Waals surface area contributed by atoms with E-state index >= 15 is 0 Å². The van der Waals surface area contributed by atoms with Gasteiger partial charge >= 0.3 is 12.1 Å². The molecule has 1 amide bonds. The highest BCUT2D eigenvalue weighted by molar-refractivity contribution is 5.93. The van der Waals surface area contributed by atoms with E-state index in [1.165, 1.54) is 20.1 Å². The van der Waals surface area contributed by atoms with Gasteiger partial charge in [0, 0.05) is 0 Å². The van der Waals surface area contributed by atoms with Crippen molar-refractivity contribution in [1.29, 1.82) is 0 Å². The second-order valence-electron chi connectivity index (χ2n) is 6.03. The second-order valence-corrected chi connectivity index (χ2v) is 6.03. The zero-order chi connectivity index (χ0) is 22.1. The number of hydrogen-bond acceptors (Lipinski definition) is 6. The Morgan fingerprint density at radius 1 is 1.23 bits per heavy atom. The van der Waals surface area contributed by atoms with Crippen LogP contribution in [0.4, 0.5) is 17.6 Å². The fraction of sp³-hybridized carbons (Fsp3) is 0.222. The quantitative estimate of drug-likeness (QED) is 0.497. The molecule has 0 aliphatic heterocycles. The largest absolute Gasteiger partial charge is 0.465 e. The SMILES string of the molecule is COC(=O)c1cc(CNC(=O)c2nnn(-c3ccc(F)cc3)c2C(F)(F)F)oc1C. The first-order valence-electron chi connectivity index (χ1n) is 8.36. The smallest absolute Gasteiger partial charge is 0.435 e. The summed E-state index contributed by atoms with van der Waals surface area (Å²) in [5.74, 6) is -2.12. The fourth-order valence-electron chi connectivity index (χ4n) is 2.65.